The van der Waals surface area contributed by atoms with E-state index in [0.29, 0.717) is 5.01 Å². The van der Waals surface area contributed by atoms with Gasteiger partial charge >= 0.3 is 0 Å². The molecule has 1 aromatic carbocycles. The number of aryl methyl sites for hydroxylation is 2. The number of nitrogens with zero attached hydrogens (tertiary/aromatic N) is 1. The Morgan fingerprint density at radius 2 is 2.05 bits per heavy atom. The van der Waals surface area contributed by atoms with E-state index in [1.807, 2.05) is 18.6 Å². The van der Waals surface area contributed by atoms with Crippen molar-refractivity contribution in [1.29, 1.82) is 0 Å². The lowest BCUT2D eigenvalue weighted by Gasteiger charge is -2.07. The Hall–Kier alpha value is -1.99. The molecule has 0 unspecified atom stereocenters. The third kappa shape index (κ3) is 3.99. The first-order chi connectivity index (χ1) is 9.88. The summed E-state index contributed by atoms with van der Waals surface area (Å²) in [6.07, 6.45) is 4.22. The molecule has 110 valence electrons. The molecule has 0 spiro atoms. The van der Waals surface area contributed by atoms with Crippen LogP contribution in [0, 0.1) is 13.8 Å². The number of sulfonamides is 1. The van der Waals surface area contributed by atoms with Crippen molar-refractivity contribution in [2.75, 3.05) is 0 Å². The second-order valence-corrected chi connectivity index (χ2v) is 7.03. The van der Waals surface area contributed by atoms with Gasteiger partial charge in [-0.2, -0.15) is 0 Å². The number of amides is 1. The van der Waals surface area contributed by atoms with E-state index in [0.717, 1.165) is 17.2 Å². The molecule has 7 heteroatoms. The minimum Gasteiger partial charge on any atom is -0.269 e. The molecule has 1 N–H and O–H groups in total. The van der Waals surface area contributed by atoms with E-state index in [-0.39, 0.29) is 4.90 Å². The molecule has 2 rings (SSSR count). The van der Waals surface area contributed by atoms with Crippen LogP contribution < -0.4 is 4.72 Å². The van der Waals surface area contributed by atoms with Gasteiger partial charge in [0.2, 0.25) is 0 Å². The molecular weight excluding hydrogens is 308 g/mol. The zero-order valence-corrected chi connectivity index (χ0v) is 13.2. The van der Waals surface area contributed by atoms with Crippen LogP contribution in [0.4, 0.5) is 0 Å². The van der Waals surface area contributed by atoms with Crippen LogP contribution in [-0.2, 0) is 14.8 Å². The fourth-order valence-electron chi connectivity index (χ4n) is 1.57. The monoisotopic (exact) mass is 322 g/mol. The van der Waals surface area contributed by atoms with Crippen LogP contribution in [0.2, 0.25) is 0 Å². The zero-order chi connectivity index (χ0) is 15.5. The van der Waals surface area contributed by atoms with E-state index in [9.17, 15) is 13.2 Å². The molecule has 0 bridgehead atoms. The van der Waals surface area contributed by atoms with Crippen molar-refractivity contribution >= 4 is 33.3 Å². The summed E-state index contributed by atoms with van der Waals surface area (Å²) in [5.41, 5.74) is 1.84. The van der Waals surface area contributed by atoms with Crippen LogP contribution in [-0.4, -0.2) is 19.3 Å². The molecule has 0 saturated carbocycles. The Morgan fingerprint density at radius 1 is 1.29 bits per heavy atom. The standard InChI is InChI=1S/C14H14N2O3S2/c1-10-3-4-12(9-11(10)2)21(18,19)16-13(17)5-6-14-15-7-8-20-14/h3-9H,1-2H3,(H,16,17)/b6-5+. The Morgan fingerprint density at radius 3 is 2.67 bits per heavy atom. The maximum atomic E-state index is 12.1. The van der Waals surface area contributed by atoms with Crippen molar-refractivity contribution < 1.29 is 13.2 Å². The van der Waals surface area contributed by atoms with Crippen molar-refractivity contribution in [2.45, 2.75) is 18.7 Å². The number of rotatable bonds is 4. The Kier molecular flexibility index (Phi) is 4.54. The van der Waals surface area contributed by atoms with Gasteiger partial charge in [0.05, 0.1) is 4.90 Å². The highest BCUT2D eigenvalue weighted by Crippen LogP contribution is 2.14. The van der Waals surface area contributed by atoms with E-state index >= 15 is 0 Å². The van der Waals surface area contributed by atoms with Crippen molar-refractivity contribution in [3.8, 4) is 0 Å². The molecular formula is C14H14N2O3S2. The number of nitrogens with one attached hydrogen (secondary N) is 1. The van der Waals surface area contributed by atoms with Gasteiger partial charge in [-0.3, -0.25) is 4.79 Å². The normalized spacial score (nSPS) is 11.7. The number of hydrogen-bond acceptors (Lipinski definition) is 5. The van der Waals surface area contributed by atoms with Crippen LogP contribution in [0.3, 0.4) is 0 Å². The van der Waals surface area contributed by atoms with Crippen LogP contribution in [0.25, 0.3) is 6.08 Å². The van der Waals surface area contributed by atoms with Crippen molar-refractivity contribution in [1.82, 2.24) is 9.71 Å². The first kappa shape index (κ1) is 15.4. The number of carbonyl (C=O) groups excluding carboxylic acids is 1. The van der Waals surface area contributed by atoms with Gasteiger partial charge in [0.25, 0.3) is 15.9 Å². The number of carbonyl (C=O) groups is 1. The summed E-state index contributed by atoms with van der Waals surface area (Å²) in [5.74, 6) is -0.705. The molecule has 2 aromatic rings. The van der Waals surface area contributed by atoms with Crippen LogP contribution >= 0.6 is 11.3 Å². The summed E-state index contributed by atoms with van der Waals surface area (Å²) < 4.78 is 26.2. The second-order valence-electron chi connectivity index (χ2n) is 4.42. The fourth-order valence-corrected chi connectivity index (χ4v) is 3.13. The maximum absolute atomic E-state index is 12.1. The lowest BCUT2D eigenvalue weighted by Crippen LogP contribution is -2.29. The van der Waals surface area contributed by atoms with Gasteiger partial charge in [0, 0.05) is 17.7 Å². The average molecular weight is 322 g/mol. The summed E-state index contributed by atoms with van der Waals surface area (Å²) in [7, 11) is -3.86. The highest BCUT2D eigenvalue weighted by atomic mass is 32.2. The molecule has 21 heavy (non-hydrogen) atoms. The molecule has 5 nitrogen and oxygen atoms in total. The predicted molar refractivity (Wildman–Crippen MR) is 82.4 cm³/mol. The minimum atomic E-state index is -3.86. The number of aromatic nitrogens is 1. The van der Waals surface area contributed by atoms with Gasteiger partial charge in [0.1, 0.15) is 5.01 Å². The molecule has 1 heterocycles. The van der Waals surface area contributed by atoms with E-state index in [1.165, 1.54) is 29.5 Å². The van der Waals surface area contributed by atoms with Gasteiger partial charge in [-0.1, -0.05) is 6.07 Å². The fraction of sp³-hybridized carbons (Fsp3) is 0.143. The minimum absolute atomic E-state index is 0.0709. The molecule has 0 atom stereocenters. The Balaban J connectivity index is 2.13. The predicted octanol–water partition coefficient (Wildman–Crippen LogP) is 2.28. The van der Waals surface area contributed by atoms with Crippen LogP contribution in [0.1, 0.15) is 16.1 Å². The molecule has 0 aliphatic heterocycles. The number of hydrogen-bond donors (Lipinski definition) is 1. The second kappa shape index (κ2) is 6.19. The van der Waals surface area contributed by atoms with Gasteiger partial charge in [-0.15, -0.1) is 11.3 Å². The van der Waals surface area contributed by atoms with Crippen molar-refractivity contribution in [3.05, 3.63) is 52.0 Å². The number of thiazole rings is 1. The van der Waals surface area contributed by atoms with Gasteiger partial charge < -0.3 is 0 Å². The Labute approximate surface area is 127 Å². The smallest absolute Gasteiger partial charge is 0.264 e. The molecule has 1 amide bonds. The first-order valence-electron chi connectivity index (χ1n) is 6.10. The largest absolute Gasteiger partial charge is 0.269 e. The van der Waals surface area contributed by atoms with Gasteiger partial charge in [-0.25, -0.2) is 18.1 Å². The molecule has 0 aliphatic rings. The summed E-state index contributed by atoms with van der Waals surface area (Å²) >= 11 is 1.36. The lowest BCUT2D eigenvalue weighted by molar-refractivity contribution is -0.114. The topological polar surface area (TPSA) is 76.1 Å². The van der Waals surface area contributed by atoms with Crippen molar-refractivity contribution in [3.63, 3.8) is 0 Å². The third-order valence-electron chi connectivity index (χ3n) is 2.85. The summed E-state index contributed by atoms with van der Waals surface area (Å²) in [6, 6.07) is 4.72. The Bertz CT molecular complexity index is 779. The highest BCUT2D eigenvalue weighted by molar-refractivity contribution is 7.90. The lowest BCUT2D eigenvalue weighted by atomic mass is 10.1. The third-order valence-corrected chi connectivity index (χ3v) is 4.94. The van der Waals surface area contributed by atoms with E-state index in [4.69, 9.17) is 0 Å². The average Bonchev–Trinajstić information content (AvgIpc) is 2.92. The maximum Gasteiger partial charge on any atom is 0.264 e. The van der Waals surface area contributed by atoms with Crippen LogP contribution in [0.15, 0.2) is 40.7 Å². The van der Waals surface area contributed by atoms with Gasteiger partial charge in [-0.05, 0) is 43.2 Å². The molecule has 0 radical (unpaired) electrons. The summed E-state index contributed by atoms with van der Waals surface area (Å²) in [5, 5.41) is 2.40. The molecule has 0 saturated heterocycles. The molecule has 0 fully saturated rings. The SMILES string of the molecule is Cc1ccc(S(=O)(=O)NC(=O)/C=C/c2nccs2)cc1C. The molecule has 1 aromatic heterocycles. The highest BCUT2D eigenvalue weighted by Gasteiger charge is 2.16. The summed E-state index contributed by atoms with van der Waals surface area (Å²) in [6.45, 7) is 3.71. The van der Waals surface area contributed by atoms with E-state index in [2.05, 4.69) is 4.98 Å². The van der Waals surface area contributed by atoms with Crippen molar-refractivity contribution in [2.24, 2.45) is 0 Å². The molecule has 0 aliphatic carbocycles. The van der Waals surface area contributed by atoms with E-state index < -0.39 is 15.9 Å². The van der Waals surface area contributed by atoms with Crippen LogP contribution in [0.5, 0.6) is 0 Å². The quantitative estimate of drug-likeness (QED) is 0.876. The first-order valence-corrected chi connectivity index (χ1v) is 8.46. The van der Waals surface area contributed by atoms with Gasteiger partial charge in [0.15, 0.2) is 0 Å². The summed E-state index contributed by atoms with van der Waals surface area (Å²) in [4.78, 5) is 15.7. The zero-order valence-electron chi connectivity index (χ0n) is 11.5. The van der Waals surface area contributed by atoms with E-state index in [1.54, 1.807) is 17.6 Å². The number of benzene rings is 1.